The van der Waals surface area contributed by atoms with Gasteiger partial charge in [-0.2, -0.15) is 0 Å². The largest absolute Gasteiger partial charge is 0.469 e. The summed E-state index contributed by atoms with van der Waals surface area (Å²) in [7, 11) is 3.36. The Bertz CT molecular complexity index is 208. The number of nitrogens with zero attached hydrogens (tertiary/aromatic N) is 1. The molecule has 2 atom stereocenters. The summed E-state index contributed by atoms with van der Waals surface area (Å²) in [6.07, 6.45) is 4.36. The van der Waals surface area contributed by atoms with Gasteiger partial charge >= 0.3 is 5.97 Å². The predicted molar refractivity (Wildman–Crippen MR) is 57.5 cm³/mol. The summed E-state index contributed by atoms with van der Waals surface area (Å²) in [5.74, 6) is -0.188. The Morgan fingerprint density at radius 2 is 2.13 bits per heavy atom. The van der Waals surface area contributed by atoms with Crippen molar-refractivity contribution in [3.63, 3.8) is 0 Å². The van der Waals surface area contributed by atoms with E-state index >= 15 is 0 Å². The summed E-state index contributed by atoms with van der Waals surface area (Å²) in [5, 5.41) is 9.80. The first kappa shape index (κ1) is 12.5. The maximum atomic E-state index is 11.0. The average molecular weight is 215 g/mol. The van der Waals surface area contributed by atoms with Crippen molar-refractivity contribution in [3.8, 4) is 0 Å². The van der Waals surface area contributed by atoms with E-state index < -0.39 is 0 Å². The number of aliphatic hydroxyl groups is 1. The first-order chi connectivity index (χ1) is 7.15. The van der Waals surface area contributed by atoms with E-state index in [4.69, 9.17) is 0 Å². The molecule has 0 heterocycles. The lowest BCUT2D eigenvalue weighted by molar-refractivity contribution is -0.141. The monoisotopic (exact) mass is 215 g/mol. The van der Waals surface area contributed by atoms with Crippen molar-refractivity contribution in [1.29, 1.82) is 0 Å². The molecule has 0 saturated heterocycles. The maximum Gasteiger partial charge on any atom is 0.306 e. The number of rotatable bonds is 4. The average Bonchev–Trinajstić information content (AvgIpc) is 2.26. The number of likely N-dealkylation sites (N-methyl/N-ethyl adjacent to an activating group) is 1. The van der Waals surface area contributed by atoms with Crippen LogP contribution in [0.1, 0.15) is 32.1 Å². The number of hydrogen-bond acceptors (Lipinski definition) is 4. The normalized spacial score (nSPS) is 26.7. The van der Waals surface area contributed by atoms with Gasteiger partial charge in [-0.3, -0.25) is 4.79 Å². The highest BCUT2D eigenvalue weighted by Gasteiger charge is 2.26. The number of carbonyl (C=O) groups is 1. The van der Waals surface area contributed by atoms with Crippen LogP contribution in [0.4, 0.5) is 0 Å². The molecule has 1 aliphatic carbocycles. The number of ether oxygens (including phenoxy) is 1. The summed E-state index contributed by atoms with van der Waals surface area (Å²) in [4.78, 5) is 13.0. The van der Waals surface area contributed by atoms with Gasteiger partial charge in [0.15, 0.2) is 0 Å². The second kappa shape index (κ2) is 6.08. The Morgan fingerprint density at radius 3 is 2.73 bits per heavy atom. The van der Waals surface area contributed by atoms with Gasteiger partial charge in [-0.05, 0) is 19.9 Å². The van der Waals surface area contributed by atoms with Gasteiger partial charge in [0, 0.05) is 12.6 Å². The maximum absolute atomic E-state index is 11.0. The molecule has 1 N–H and O–H groups in total. The minimum Gasteiger partial charge on any atom is -0.469 e. The van der Waals surface area contributed by atoms with Crippen molar-refractivity contribution < 1.29 is 14.6 Å². The molecule has 1 saturated carbocycles. The zero-order valence-electron chi connectivity index (χ0n) is 9.61. The molecule has 0 aromatic rings. The first-order valence-corrected chi connectivity index (χ1v) is 5.60. The number of hydrogen-bond donors (Lipinski definition) is 1. The van der Waals surface area contributed by atoms with Gasteiger partial charge in [0.05, 0.1) is 19.6 Å². The Morgan fingerprint density at radius 1 is 1.47 bits per heavy atom. The van der Waals surface area contributed by atoms with Gasteiger partial charge in [-0.1, -0.05) is 12.8 Å². The van der Waals surface area contributed by atoms with E-state index in [9.17, 15) is 9.90 Å². The molecule has 0 aromatic carbocycles. The number of methoxy groups -OCH3 is 1. The van der Waals surface area contributed by atoms with Crippen molar-refractivity contribution in [2.75, 3.05) is 20.7 Å². The lowest BCUT2D eigenvalue weighted by Crippen LogP contribution is -2.44. The van der Waals surface area contributed by atoms with E-state index in [1.165, 1.54) is 13.5 Å². The summed E-state index contributed by atoms with van der Waals surface area (Å²) in [6, 6.07) is 0.211. The number of aliphatic hydroxyl groups excluding tert-OH is 1. The van der Waals surface area contributed by atoms with E-state index in [0.717, 1.165) is 19.3 Å². The molecular weight excluding hydrogens is 194 g/mol. The Hall–Kier alpha value is -0.610. The highest BCUT2D eigenvalue weighted by molar-refractivity contribution is 5.69. The van der Waals surface area contributed by atoms with Crippen LogP contribution < -0.4 is 0 Å². The topological polar surface area (TPSA) is 49.8 Å². The van der Waals surface area contributed by atoms with Crippen LogP contribution in [0.2, 0.25) is 0 Å². The summed E-state index contributed by atoms with van der Waals surface area (Å²) < 4.78 is 4.59. The van der Waals surface area contributed by atoms with Crippen molar-refractivity contribution in [2.45, 2.75) is 44.2 Å². The lowest BCUT2D eigenvalue weighted by atomic mass is 9.91. The van der Waals surface area contributed by atoms with Crippen LogP contribution in [0.25, 0.3) is 0 Å². The molecule has 1 rings (SSSR count). The first-order valence-electron chi connectivity index (χ1n) is 5.60. The van der Waals surface area contributed by atoms with Crippen LogP contribution >= 0.6 is 0 Å². The summed E-state index contributed by atoms with van der Waals surface area (Å²) in [6.45, 7) is 0.661. The van der Waals surface area contributed by atoms with Crippen molar-refractivity contribution in [3.05, 3.63) is 0 Å². The fourth-order valence-corrected chi connectivity index (χ4v) is 2.14. The van der Waals surface area contributed by atoms with Gasteiger partial charge in [0.1, 0.15) is 0 Å². The molecule has 4 heteroatoms. The molecule has 15 heavy (non-hydrogen) atoms. The van der Waals surface area contributed by atoms with Gasteiger partial charge in [-0.25, -0.2) is 0 Å². The van der Waals surface area contributed by atoms with E-state index in [0.29, 0.717) is 13.0 Å². The molecule has 0 bridgehead atoms. The predicted octanol–water partition coefficient (Wildman–Crippen LogP) is 0.785. The van der Waals surface area contributed by atoms with Gasteiger partial charge in [0.2, 0.25) is 0 Å². The zero-order chi connectivity index (χ0) is 11.3. The van der Waals surface area contributed by atoms with Crippen LogP contribution in [-0.4, -0.2) is 48.8 Å². The van der Waals surface area contributed by atoms with E-state index in [1.54, 1.807) is 0 Å². The quantitative estimate of drug-likeness (QED) is 0.704. The molecular formula is C11H21NO3. The second-order valence-electron chi connectivity index (χ2n) is 4.23. The Kier molecular flexibility index (Phi) is 5.05. The highest BCUT2D eigenvalue weighted by atomic mass is 16.5. The third-order valence-electron chi connectivity index (χ3n) is 3.16. The third kappa shape index (κ3) is 3.80. The molecule has 0 aliphatic heterocycles. The molecule has 2 unspecified atom stereocenters. The second-order valence-corrected chi connectivity index (χ2v) is 4.23. The molecule has 1 aliphatic rings. The fraction of sp³-hybridized carbons (Fsp3) is 0.909. The van der Waals surface area contributed by atoms with Crippen LogP contribution in [0.5, 0.6) is 0 Å². The molecule has 4 nitrogen and oxygen atoms in total. The molecule has 88 valence electrons. The third-order valence-corrected chi connectivity index (χ3v) is 3.16. The molecule has 0 amide bonds. The van der Waals surface area contributed by atoms with Crippen molar-refractivity contribution in [1.82, 2.24) is 4.90 Å². The summed E-state index contributed by atoms with van der Waals surface area (Å²) in [5.41, 5.74) is 0. The van der Waals surface area contributed by atoms with Crippen LogP contribution in [0, 0.1) is 0 Å². The van der Waals surface area contributed by atoms with Crippen LogP contribution in [-0.2, 0) is 9.53 Å². The smallest absolute Gasteiger partial charge is 0.306 e. The minimum absolute atomic E-state index is 0.188. The SMILES string of the molecule is COC(=O)CCN(C)C1CCCCC1O. The van der Waals surface area contributed by atoms with E-state index in [1.807, 2.05) is 7.05 Å². The Balaban J connectivity index is 2.31. The van der Waals surface area contributed by atoms with E-state index in [2.05, 4.69) is 9.64 Å². The van der Waals surface area contributed by atoms with Gasteiger partial charge < -0.3 is 14.7 Å². The number of esters is 1. The van der Waals surface area contributed by atoms with Crippen molar-refractivity contribution in [2.24, 2.45) is 0 Å². The lowest BCUT2D eigenvalue weighted by Gasteiger charge is -2.34. The van der Waals surface area contributed by atoms with Crippen LogP contribution in [0.3, 0.4) is 0 Å². The Labute approximate surface area is 91.2 Å². The molecule has 0 spiro atoms. The van der Waals surface area contributed by atoms with Crippen molar-refractivity contribution >= 4 is 5.97 Å². The van der Waals surface area contributed by atoms with Gasteiger partial charge in [-0.15, -0.1) is 0 Å². The molecule has 0 aromatic heterocycles. The fourth-order valence-electron chi connectivity index (χ4n) is 2.14. The van der Waals surface area contributed by atoms with E-state index in [-0.39, 0.29) is 18.1 Å². The van der Waals surface area contributed by atoms with Crippen LogP contribution in [0.15, 0.2) is 0 Å². The molecule has 0 radical (unpaired) electrons. The zero-order valence-corrected chi connectivity index (χ0v) is 9.61. The number of carbonyl (C=O) groups excluding carboxylic acids is 1. The minimum atomic E-state index is -0.235. The summed E-state index contributed by atoms with van der Waals surface area (Å²) >= 11 is 0. The standard InChI is InChI=1S/C11H21NO3/c1-12(8-7-11(14)15-2)9-5-3-4-6-10(9)13/h9-10,13H,3-8H2,1-2H3. The van der Waals surface area contributed by atoms with Gasteiger partial charge in [0.25, 0.3) is 0 Å². The molecule has 1 fully saturated rings. The highest BCUT2D eigenvalue weighted by Crippen LogP contribution is 2.22.